The highest BCUT2D eigenvalue weighted by Gasteiger charge is 2.35. The molecule has 0 heterocycles. The lowest BCUT2D eigenvalue weighted by Crippen LogP contribution is -2.57. The molecule has 21 heavy (non-hydrogen) atoms. The van der Waals surface area contributed by atoms with Gasteiger partial charge in [-0.2, -0.15) is 0 Å². The van der Waals surface area contributed by atoms with Gasteiger partial charge in [-0.3, -0.25) is 0 Å². The van der Waals surface area contributed by atoms with Crippen LogP contribution < -0.4 is 0 Å². The smallest absolute Gasteiger partial charge is 0.0890 e. The van der Waals surface area contributed by atoms with Crippen molar-refractivity contribution >= 4 is 0 Å². The zero-order valence-electron chi connectivity index (χ0n) is 15.3. The molecule has 0 aromatic carbocycles. The first-order valence-corrected chi connectivity index (χ1v) is 10.1. The summed E-state index contributed by atoms with van der Waals surface area (Å²) in [4.78, 5) is 0. The Hall–Kier alpha value is -0.0400. The summed E-state index contributed by atoms with van der Waals surface area (Å²) in [5, 5.41) is 0. The van der Waals surface area contributed by atoms with Gasteiger partial charge in [0, 0.05) is 0 Å². The Labute approximate surface area is 135 Å². The van der Waals surface area contributed by atoms with Crippen molar-refractivity contribution < 1.29 is 4.48 Å². The third kappa shape index (κ3) is 6.72. The van der Waals surface area contributed by atoms with E-state index in [0.717, 1.165) is 6.04 Å². The Bertz CT molecular complexity index is 224. The zero-order valence-corrected chi connectivity index (χ0v) is 15.3. The molecule has 0 aromatic rings. The fraction of sp³-hybridized carbons (Fsp3) is 1.00. The molecule has 0 bridgehead atoms. The molecule has 0 aromatic heterocycles. The van der Waals surface area contributed by atoms with E-state index >= 15 is 0 Å². The van der Waals surface area contributed by atoms with Crippen LogP contribution in [0.15, 0.2) is 0 Å². The van der Waals surface area contributed by atoms with Crippen molar-refractivity contribution in [3.63, 3.8) is 0 Å². The summed E-state index contributed by atoms with van der Waals surface area (Å²) in [6.07, 6.45) is 18.9. The molecule has 1 aliphatic rings. The number of rotatable bonds is 12. The second-order valence-electron chi connectivity index (χ2n) is 7.45. The molecular weight excluding hydrogens is 254 g/mol. The molecule has 1 rings (SSSR count). The van der Waals surface area contributed by atoms with Gasteiger partial charge >= 0.3 is 0 Å². The average Bonchev–Trinajstić information content (AvgIpc) is 2.52. The lowest BCUT2D eigenvalue weighted by Gasteiger charge is -2.47. The van der Waals surface area contributed by atoms with Gasteiger partial charge in [0.2, 0.25) is 0 Å². The van der Waals surface area contributed by atoms with Crippen molar-refractivity contribution in [3.8, 4) is 0 Å². The number of hydrogen-bond acceptors (Lipinski definition) is 0. The maximum absolute atomic E-state index is 2.40. The quantitative estimate of drug-likeness (QED) is 0.292. The highest BCUT2D eigenvalue weighted by molar-refractivity contribution is 4.68. The lowest BCUT2D eigenvalue weighted by atomic mass is 9.91. The van der Waals surface area contributed by atoms with Gasteiger partial charge in [-0.15, -0.1) is 0 Å². The standard InChI is InChI=1S/C20H42N/c1-4-7-8-9-10-14-19-21(17-5-2,18-6-3)20-15-12-11-13-16-20/h20H,4-19H2,1-3H3/q+1. The van der Waals surface area contributed by atoms with E-state index in [-0.39, 0.29) is 0 Å². The number of unbranched alkanes of at least 4 members (excludes halogenated alkanes) is 5. The van der Waals surface area contributed by atoms with Gasteiger partial charge in [0.05, 0.1) is 25.7 Å². The molecule has 1 aliphatic carbocycles. The van der Waals surface area contributed by atoms with E-state index in [1.54, 1.807) is 0 Å². The van der Waals surface area contributed by atoms with Crippen molar-refractivity contribution in [2.45, 2.75) is 110 Å². The summed E-state index contributed by atoms with van der Waals surface area (Å²) in [6.45, 7) is 11.5. The van der Waals surface area contributed by atoms with Gasteiger partial charge in [0.25, 0.3) is 0 Å². The van der Waals surface area contributed by atoms with Crippen LogP contribution in [0.4, 0.5) is 0 Å². The molecule has 1 heteroatoms. The van der Waals surface area contributed by atoms with Gasteiger partial charge in [0.15, 0.2) is 0 Å². The van der Waals surface area contributed by atoms with Crippen LogP contribution in [0.3, 0.4) is 0 Å². The van der Waals surface area contributed by atoms with E-state index < -0.39 is 0 Å². The second-order valence-corrected chi connectivity index (χ2v) is 7.45. The number of nitrogens with zero attached hydrogens (tertiary/aromatic N) is 1. The van der Waals surface area contributed by atoms with Gasteiger partial charge < -0.3 is 4.48 Å². The molecule has 0 saturated heterocycles. The molecule has 0 atom stereocenters. The summed E-state index contributed by atoms with van der Waals surface area (Å²) < 4.78 is 1.47. The molecule has 1 fully saturated rings. The van der Waals surface area contributed by atoms with E-state index in [4.69, 9.17) is 0 Å². The molecule has 0 radical (unpaired) electrons. The van der Waals surface area contributed by atoms with E-state index in [9.17, 15) is 0 Å². The van der Waals surface area contributed by atoms with Crippen LogP contribution in [0.2, 0.25) is 0 Å². The van der Waals surface area contributed by atoms with Crippen LogP contribution in [0.1, 0.15) is 104 Å². The molecule has 1 nitrogen and oxygen atoms in total. The summed E-state index contributed by atoms with van der Waals surface area (Å²) in [5.41, 5.74) is 0. The highest BCUT2D eigenvalue weighted by atomic mass is 15.4. The minimum Gasteiger partial charge on any atom is -0.321 e. The summed E-state index contributed by atoms with van der Waals surface area (Å²) >= 11 is 0. The van der Waals surface area contributed by atoms with Crippen LogP contribution in [-0.4, -0.2) is 30.2 Å². The van der Waals surface area contributed by atoms with Crippen molar-refractivity contribution in [1.82, 2.24) is 0 Å². The van der Waals surface area contributed by atoms with Crippen molar-refractivity contribution in [2.24, 2.45) is 0 Å². The topological polar surface area (TPSA) is 0 Å². The minimum absolute atomic E-state index is 0.995. The van der Waals surface area contributed by atoms with Crippen LogP contribution in [0, 0.1) is 0 Å². The fourth-order valence-electron chi connectivity index (χ4n) is 4.61. The minimum atomic E-state index is 0.995. The Morgan fingerprint density at radius 2 is 1.19 bits per heavy atom. The first kappa shape index (κ1) is 19.0. The third-order valence-corrected chi connectivity index (χ3v) is 5.64. The molecule has 126 valence electrons. The zero-order chi connectivity index (χ0) is 15.4. The molecule has 0 amide bonds. The van der Waals surface area contributed by atoms with Gasteiger partial charge in [0.1, 0.15) is 0 Å². The van der Waals surface area contributed by atoms with Gasteiger partial charge in [-0.05, 0) is 51.4 Å². The van der Waals surface area contributed by atoms with Crippen molar-refractivity contribution in [2.75, 3.05) is 19.6 Å². The van der Waals surface area contributed by atoms with Gasteiger partial charge in [-0.1, -0.05) is 52.9 Å². The van der Waals surface area contributed by atoms with E-state index in [2.05, 4.69) is 20.8 Å². The van der Waals surface area contributed by atoms with Crippen molar-refractivity contribution in [3.05, 3.63) is 0 Å². The predicted molar refractivity (Wildman–Crippen MR) is 95.7 cm³/mol. The van der Waals surface area contributed by atoms with Crippen LogP contribution >= 0.6 is 0 Å². The summed E-state index contributed by atoms with van der Waals surface area (Å²) in [6, 6.07) is 0.995. The van der Waals surface area contributed by atoms with E-state index in [1.165, 1.54) is 108 Å². The Morgan fingerprint density at radius 1 is 0.619 bits per heavy atom. The van der Waals surface area contributed by atoms with Crippen molar-refractivity contribution in [1.29, 1.82) is 0 Å². The molecule has 0 N–H and O–H groups in total. The molecule has 0 unspecified atom stereocenters. The number of hydrogen-bond donors (Lipinski definition) is 0. The summed E-state index contributed by atoms with van der Waals surface area (Å²) in [7, 11) is 0. The number of quaternary nitrogens is 1. The maximum Gasteiger partial charge on any atom is 0.0890 e. The summed E-state index contributed by atoms with van der Waals surface area (Å²) in [5.74, 6) is 0. The lowest BCUT2D eigenvalue weighted by molar-refractivity contribution is -0.952. The molecular formula is C20H42N+. The van der Waals surface area contributed by atoms with Crippen LogP contribution in [0.5, 0.6) is 0 Å². The molecule has 0 aliphatic heterocycles. The monoisotopic (exact) mass is 296 g/mol. The average molecular weight is 297 g/mol. The van der Waals surface area contributed by atoms with Crippen LogP contribution in [0.25, 0.3) is 0 Å². The first-order valence-electron chi connectivity index (χ1n) is 10.1. The molecule has 1 saturated carbocycles. The highest BCUT2D eigenvalue weighted by Crippen LogP contribution is 2.30. The first-order chi connectivity index (χ1) is 10.3. The second kappa shape index (κ2) is 11.5. The normalized spacial score (nSPS) is 17.3. The van der Waals surface area contributed by atoms with E-state index in [1.807, 2.05) is 0 Å². The van der Waals surface area contributed by atoms with Crippen LogP contribution in [-0.2, 0) is 0 Å². The van der Waals surface area contributed by atoms with E-state index in [0.29, 0.717) is 0 Å². The van der Waals surface area contributed by atoms with Gasteiger partial charge in [-0.25, -0.2) is 0 Å². The largest absolute Gasteiger partial charge is 0.321 e. The Balaban J connectivity index is 2.48. The third-order valence-electron chi connectivity index (χ3n) is 5.64. The predicted octanol–water partition coefficient (Wildman–Crippen LogP) is 6.32. The fourth-order valence-corrected chi connectivity index (χ4v) is 4.61. The molecule has 0 spiro atoms. The maximum atomic E-state index is 2.40. The Kier molecular flexibility index (Phi) is 10.4. The Morgan fingerprint density at radius 3 is 1.76 bits per heavy atom. The SMILES string of the molecule is CCCCCCCC[N+](CCC)(CCC)C1CCCCC1.